The molecule has 3 atom stereocenters. The molecular weight excluding hydrogens is 259 g/mol. The highest BCUT2D eigenvalue weighted by Crippen LogP contribution is 2.39. The fourth-order valence-electron chi connectivity index (χ4n) is 2.13. The average molecular weight is 275 g/mol. The number of halogens is 2. The van der Waals surface area contributed by atoms with Crippen molar-refractivity contribution in [2.75, 3.05) is 13.7 Å². The molecule has 0 spiro atoms. The Balaban J connectivity index is 2.21. The molecule has 17 heavy (non-hydrogen) atoms. The van der Waals surface area contributed by atoms with Gasteiger partial charge in [-0.3, -0.25) is 0 Å². The molecule has 1 aromatic rings. The Kier molecular flexibility index (Phi) is 4.18. The van der Waals surface area contributed by atoms with Crippen LogP contribution in [0, 0.1) is 5.92 Å². The third-order valence-corrected chi connectivity index (χ3v) is 4.05. The van der Waals surface area contributed by atoms with Crippen molar-refractivity contribution in [3.8, 4) is 5.75 Å². The highest BCUT2D eigenvalue weighted by Gasteiger charge is 2.32. The maximum atomic E-state index is 6.46. The number of alkyl halides is 1. The highest BCUT2D eigenvalue weighted by molar-refractivity contribution is 6.33. The Morgan fingerprint density at radius 3 is 2.76 bits per heavy atom. The normalized spacial score (nSPS) is 25.9. The number of hydrogen-bond acceptors (Lipinski definition) is 2. The van der Waals surface area contributed by atoms with Gasteiger partial charge in [-0.2, -0.15) is 0 Å². The van der Waals surface area contributed by atoms with Crippen molar-refractivity contribution in [3.63, 3.8) is 0 Å². The second-order valence-corrected chi connectivity index (χ2v) is 5.27. The molecule has 1 saturated heterocycles. The predicted octanol–water partition coefficient (Wildman–Crippen LogP) is 4.05. The van der Waals surface area contributed by atoms with Crippen LogP contribution in [0.25, 0.3) is 0 Å². The van der Waals surface area contributed by atoms with E-state index in [0.29, 0.717) is 10.9 Å². The van der Waals surface area contributed by atoms with Crippen LogP contribution in [0.2, 0.25) is 5.02 Å². The summed E-state index contributed by atoms with van der Waals surface area (Å²) in [6.45, 7) is 2.94. The summed E-state index contributed by atoms with van der Waals surface area (Å²) in [5.74, 6) is 1.21. The Labute approximate surface area is 112 Å². The largest absolute Gasteiger partial charge is 0.497 e. The lowest BCUT2D eigenvalue weighted by molar-refractivity contribution is 0.0903. The molecule has 1 aliphatic heterocycles. The fraction of sp³-hybridized carbons (Fsp3) is 0.538. The van der Waals surface area contributed by atoms with Gasteiger partial charge in [-0.15, -0.1) is 11.6 Å². The van der Waals surface area contributed by atoms with E-state index in [1.54, 1.807) is 13.2 Å². The van der Waals surface area contributed by atoms with Gasteiger partial charge in [0.25, 0.3) is 0 Å². The summed E-state index contributed by atoms with van der Waals surface area (Å²) in [5.41, 5.74) is 0.910. The van der Waals surface area contributed by atoms with Gasteiger partial charge in [0.05, 0.1) is 18.6 Å². The summed E-state index contributed by atoms with van der Waals surface area (Å²) in [6.07, 6.45) is 1.10. The van der Waals surface area contributed by atoms with Crippen molar-refractivity contribution in [1.29, 1.82) is 0 Å². The molecule has 1 aromatic carbocycles. The van der Waals surface area contributed by atoms with Crippen molar-refractivity contribution in [3.05, 3.63) is 28.8 Å². The standard InChI is InChI=1S/C13H16Cl2O2/c1-8-5-6-17-13(8)12(15)10-4-3-9(16-2)7-11(10)14/h3-4,7-8,12-13H,5-6H2,1-2H3. The summed E-state index contributed by atoms with van der Waals surface area (Å²) in [5, 5.41) is 0.429. The van der Waals surface area contributed by atoms with Crippen LogP contribution in [-0.4, -0.2) is 19.8 Å². The van der Waals surface area contributed by atoms with E-state index >= 15 is 0 Å². The van der Waals surface area contributed by atoms with Crippen molar-refractivity contribution in [1.82, 2.24) is 0 Å². The van der Waals surface area contributed by atoms with Crippen LogP contribution in [0.3, 0.4) is 0 Å². The number of rotatable bonds is 3. The van der Waals surface area contributed by atoms with Gasteiger partial charge in [0.1, 0.15) is 5.75 Å². The molecule has 1 fully saturated rings. The molecule has 0 radical (unpaired) electrons. The maximum Gasteiger partial charge on any atom is 0.120 e. The van der Waals surface area contributed by atoms with Gasteiger partial charge >= 0.3 is 0 Å². The SMILES string of the molecule is COc1ccc(C(Cl)C2OCCC2C)c(Cl)c1. The number of methoxy groups -OCH3 is 1. The van der Waals surface area contributed by atoms with Crippen molar-refractivity contribution in [2.45, 2.75) is 24.8 Å². The van der Waals surface area contributed by atoms with Crippen molar-refractivity contribution < 1.29 is 9.47 Å². The Bertz CT molecular complexity index is 395. The first-order chi connectivity index (χ1) is 8.13. The zero-order chi connectivity index (χ0) is 12.4. The molecule has 2 rings (SSSR count). The van der Waals surface area contributed by atoms with Gasteiger partial charge in [-0.05, 0) is 30.0 Å². The minimum atomic E-state index is -0.203. The van der Waals surface area contributed by atoms with Gasteiger partial charge < -0.3 is 9.47 Å². The zero-order valence-corrected chi connectivity index (χ0v) is 11.5. The van der Waals surface area contributed by atoms with Crippen LogP contribution < -0.4 is 4.74 Å². The molecule has 0 N–H and O–H groups in total. The molecule has 3 unspecified atom stereocenters. The number of benzene rings is 1. The predicted molar refractivity (Wildman–Crippen MR) is 70.1 cm³/mol. The smallest absolute Gasteiger partial charge is 0.120 e. The minimum absolute atomic E-state index is 0.0440. The Morgan fingerprint density at radius 2 is 2.24 bits per heavy atom. The molecular formula is C13H16Cl2O2. The van der Waals surface area contributed by atoms with Crippen LogP contribution in [0.5, 0.6) is 5.75 Å². The van der Waals surface area contributed by atoms with Gasteiger partial charge in [-0.1, -0.05) is 24.6 Å². The minimum Gasteiger partial charge on any atom is -0.497 e. The molecule has 0 saturated carbocycles. The summed E-state index contributed by atoms with van der Waals surface area (Å²) in [6, 6.07) is 5.56. The highest BCUT2D eigenvalue weighted by atomic mass is 35.5. The van der Waals surface area contributed by atoms with E-state index in [-0.39, 0.29) is 11.5 Å². The van der Waals surface area contributed by atoms with Crippen LogP contribution >= 0.6 is 23.2 Å². The van der Waals surface area contributed by atoms with E-state index < -0.39 is 0 Å². The average Bonchev–Trinajstić information content (AvgIpc) is 2.74. The molecule has 0 amide bonds. The summed E-state index contributed by atoms with van der Waals surface area (Å²) >= 11 is 12.7. The van der Waals surface area contributed by atoms with E-state index in [4.69, 9.17) is 32.7 Å². The number of ether oxygens (including phenoxy) is 2. The first-order valence-electron chi connectivity index (χ1n) is 5.72. The van der Waals surface area contributed by atoms with Crippen LogP contribution in [0.15, 0.2) is 18.2 Å². The van der Waals surface area contributed by atoms with Gasteiger partial charge in [-0.25, -0.2) is 0 Å². The summed E-state index contributed by atoms with van der Waals surface area (Å²) < 4.78 is 10.8. The van der Waals surface area contributed by atoms with Crippen molar-refractivity contribution in [2.24, 2.45) is 5.92 Å². The summed E-state index contributed by atoms with van der Waals surface area (Å²) in [4.78, 5) is 0. The third-order valence-electron chi connectivity index (χ3n) is 3.24. The summed E-state index contributed by atoms with van der Waals surface area (Å²) in [7, 11) is 1.62. The van der Waals surface area contributed by atoms with E-state index in [9.17, 15) is 0 Å². The topological polar surface area (TPSA) is 18.5 Å². The van der Waals surface area contributed by atoms with Crippen LogP contribution in [-0.2, 0) is 4.74 Å². The Hall–Kier alpha value is -0.440. The zero-order valence-electron chi connectivity index (χ0n) is 9.95. The number of hydrogen-bond donors (Lipinski definition) is 0. The third kappa shape index (κ3) is 2.70. The molecule has 2 nitrogen and oxygen atoms in total. The molecule has 4 heteroatoms. The first-order valence-corrected chi connectivity index (χ1v) is 6.54. The lowest BCUT2D eigenvalue weighted by Crippen LogP contribution is -2.19. The molecule has 1 heterocycles. The molecule has 0 bridgehead atoms. The van der Waals surface area contributed by atoms with Crippen LogP contribution in [0.1, 0.15) is 24.3 Å². The molecule has 94 valence electrons. The van der Waals surface area contributed by atoms with E-state index in [1.807, 2.05) is 12.1 Å². The molecule has 0 aromatic heterocycles. The second-order valence-electron chi connectivity index (χ2n) is 4.39. The maximum absolute atomic E-state index is 6.46. The lowest BCUT2D eigenvalue weighted by atomic mass is 9.97. The monoisotopic (exact) mass is 274 g/mol. The van der Waals surface area contributed by atoms with Crippen molar-refractivity contribution >= 4 is 23.2 Å². The van der Waals surface area contributed by atoms with Gasteiger partial charge in [0, 0.05) is 11.6 Å². The first kappa shape index (κ1) is 13.0. The van der Waals surface area contributed by atoms with Gasteiger partial charge in [0.15, 0.2) is 0 Å². The van der Waals surface area contributed by atoms with Crippen LogP contribution in [0.4, 0.5) is 0 Å². The second kappa shape index (κ2) is 5.47. The van der Waals surface area contributed by atoms with E-state index in [2.05, 4.69) is 6.92 Å². The van der Waals surface area contributed by atoms with Gasteiger partial charge in [0.2, 0.25) is 0 Å². The lowest BCUT2D eigenvalue weighted by Gasteiger charge is -2.22. The molecule has 1 aliphatic rings. The van der Waals surface area contributed by atoms with E-state index in [1.165, 1.54) is 0 Å². The van der Waals surface area contributed by atoms with E-state index in [0.717, 1.165) is 24.3 Å². The fourth-order valence-corrected chi connectivity index (χ4v) is 2.98. The molecule has 0 aliphatic carbocycles. The quantitative estimate of drug-likeness (QED) is 0.775. The Morgan fingerprint density at radius 1 is 1.47 bits per heavy atom.